The Balaban J connectivity index is 2.87. The molecule has 90 valence electrons. The van der Waals surface area contributed by atoms with E-state index in [1.54, 1.807) is 6.92 Å². The minimum Gasteiger partial charge on any atom is -0.328 e. The molecule has 0 bridgehead atoms. The van der Waals surface area contributed by atoms with Crippen LogP contribution in [0, 0.1) is 0 Å². The minimum absolute atomic E-state index is 0.137. The first-order valence-electron chi connectivity index (χ1n) is 4.87. The van der Waals surface area contributed by atoms with Crippen LogP contribution in [0.2, 0.25) is 0 Å². The normalized spacial score (nSPS) is 15.9. The lowest BCUT2D eigenvalue weighted by molar-refractivity contribution is -0.137. The molecule has 0 aliphatic carbocycles. The highest BCUT2D eigenvalue weighted by molar-refractivity contribution is 5.27. The van der Waals surface area contributed by atoms with Crippen LogP contribution in [0.15, 0.2) is 24.3 Å². The van der Waals surface area contributed by atoms with E-state index in [2.05, 4.69) is 0 Å². The van der Waals surface area contributed by atoms with Crippen molar-refractivity contribution < 1.29 is 17.6 Å². The molecule has 2 atom stereocenters. The zero-order chi connectivity index (χ0) is 12.3. The van der Waals surface area contributed by atoms with E-state index in [-0.39, 0.29) is 6.54 Å². The number of benzene rings is 1. The summed E-state index contributed by atoms with van der Waals surface area (Å²) >= 11 is 0. The third kappa shape index (κ3) is 2.95. The van der Waals surface area contributed by atoms with E-state index in [1.807, 2.05) is 0 Å². The lowest BCUT2D eigenvalue weighted by Crippen LogP contribution is -2.21. The summed E-state index contributed by atoms with van der Waals surface area (Å²) in [5.74, 6) is -0.493. The summed E-state index contributed by atoms with van der Waals surface area (Å²) < 4.78 is 50.0. The summed E-state index contributed by atoms with van der Waals surface area (Å²) in [6.07, 6.45) is -5.60. The zero-order valence-corrected chi connectivity index (χ0v) is 8.76. The monoisotopic (exact) mass is 235 g/mol. The summed E-state index contributed by atoms with van der Waals surface area (Å²) in [4.78, 5) is 0. The molecule has 0 amide bonds. The van der Waals surface area contributed by atoms with E-state index in [0.717, 1.165) is 12.1 Å². The number of nitrogens with two attached hydrogens (primary N) is 1. The van der Waals surface area contributed by atoms with Gasteiger partial charge in [-0.15, -0.1) is 0 Å². The smallest absolute Gasteiger partial charge is 0.328 e. The van der Waals surface area contributed by atoms with Gasteiger partial charge in [-0.3, -0.25) is 0 Å². The summed E-state index contributed by atoms with van der Waals surface area (Å²) in [5.41, 5.74) is 4.94. The third-order valence-electron chi connectivity index (χ3n) is 2.53. The van der Waals surface area contributed by atoms with Gasteiger partial charge >= 0.3 is 6.18 Å². The molecule has 16 heavy (non-hydrogen) atoms. The summed E-state index contributed by atoms with van der Waals surface area (Å²) in [6, 6.07) is 4.48. The highest BCUT2D eigenvalue weighted by Gasteiger charge is 2.30. The molecule has 5 heteroatoms. The predicted molar refractivity (Wildman–Crippen MR) is 53.8 cm³/mol. The highest BCUT2D eigenvalue weighted by atomic mass is 19.4. The molecule has 0 radical (unpaired) electrons. The Morgan fingerprint density at radius 1 is 1.19 bits per heavy atom. The fraction of sp³-hybridized carbons (Fsp3) is 0.455. The van der Waals surface area contributed by atoms with Crippen LogP contribution in [0.4, 0.5) is 17.6 Å². The molecule has 0 heterocycles. The molecule has 1 rings (SSSR count). The minimum atomic E-state index is -4.36. The van der Waals surface area contributed by atoms with Crippen molar-refractivity contribution in [2.24, 2.45) is 5.73 Å². The van der Waals surface area contributed by atoms with E-state index in [9.17, 15) is 17.6 Å². The van der Waals surface area contributed by atoms with Gasteiger partial charge in [-0.05, 0) is 17.7 Å². The highest BCUT2D eigenvalue weighted by Crippen LogP contribution is 2.30. The van der Waals surface area contributed by atoms with Gasteiger partial charge in [0.1, 0.15) is 6.17 Å². The van der Waals surface area contributed by atoms with Crippen molar-refractivity contribution in [2.45, 2.75) is 25.2 Å². The lowest BCUT2D eigenvalue weighted by Gasteiger charge is -2.16. The molecule has 2 unspecified atom stereocenters. The molecule has 2 N–H and O–H groups in total. The average Bonchev–Trinajstić information content (AvgIpc) is 2.26. The van der Waals surface area contributed by atoms with Gasteiger partial charge < -0.3 is 5.73 Å². The van der Waals surface area contributed by atoms with Crippen molar-refractivity contribution in [3.8, 4) is 0 Å². The molecule has 0 aliphatic rings. The number of hydrogen-bond donors (Lipinski definition) is 1. The van der Waals surface area contributed by atoms with E-state index >= 15 is 0 Å². The molecule has 0 saturated heterocycles. The van der Waals surface area contributed by atoms with Crippen LogP contribution in [0.1, 0.15) is 24.0 Å². The van der Waals surface area contributed by atoms with Crippen molar-refractivity contribution >= 4 is 0 Å². The molecule has 1 aromatic rings. The van der Waals surface area contributed by atoms with Gasteiger partial charge in [0.2, 0.25) is 0 Å². The lowest BCUT2D eigenvalue weighted by atomic mass is 9.95. The number of halogens is 4. The second-order valence-corrected chi connectivity index (χ2v) is 3.66. The first-order chi connectivity index (χ1) is 7.36. The van der Waals surface area contributed by atoms with Crippen LogP contribution in [-0.2, 0) is 6.18 Å². The molecular formula is C11H13F4N. The van der Waals surface area contributed by atoms with E-state index in [0.29, 0.717) is 5.56 Å². The van der Waals surface area contributed by atoms with Gasteiger partial charge in [0.15, 0.2) is 0 Å². The molecule has 0 aromatic heterocycles. The Bertz CT molecular complexity index is 331. The Labute approximate surface area is 91.3 Å². The topological polar surface area (TPSA) is 26.0 Å². The van der Waals surface area contributed by atoms with Gasteiger partial charge in [0.05, 0.1) is 5.56 Å². The van der Waals surface area contributed by atoms with Crippen molar-refractivity contribution in [1.82, 2.24) is 0 Å². The van der Waals surface area contributed by atoms with E-state index in [4.69, 9.17) is 5.73 Å². The second kappa shape index (κ2) is 4.82. The van der Waals surface area contributed by atoms with Gasteiger partial charge in [0, 0.05) is 12.5 Å². The molecule has 0 aliphatic heterocycles. The van der Waals surface area contributed by atoms with Crippen LogP contribution in [0.3, 0.4) is 0 Å². The maximum absolute atomic E-state index is 13.2. The van der Waals surface area contributed by atoms with Crippen molar-refractivity contribution in [2.75, 3.05) is 6.54 Å². The first-order valence-corrected chi connectivity index (χ1v) is 4.87. The molecule has 0 fully saturated rings. The SMILES string of the molecule is CC(c1ccc(C(F)(F)F)cc1)C(F)CN. The van der Waals surface area contributed by atoms with Gasteiger partial charge in [-0.25, -0.2) is 4.39 Å². The third-order valence-corrected chi connectivity index (χ3v) is 2.53. The summed E-state index contributed by atoms with van der Waals surface area (Å²) in [7, 11) is 0. The number of hydrogen-bond acceptors (Lipinski definition) is 1. The standard InChI is InChI=1S/C11H13F4N/c1-7(10(12)6-16)8-2-4-9(5-3-8)11(13,14)15/h2-5,7,10H,6,16H2,1H3. The molecule has 1 nitrogen and oxygen atoms in total. The zero-order valence-electron chi connectivity index (χ0n) is 8.76. The molecule has 0 spiro atoms. The fourth-order valence-corrected chi connectivity index (χ4v) is 1.39. The molecular weight excluding hydrogens is 222 g/mol. The Morgan fingerprint density at radius 2 is 1.69 bits per heavy atom. The van der Waals surface area contributed by atoms with Gasteiger partial charge in [-0.1, -0.05) is 19.1 Å². The van der Waals surface area contributed by atoms with Gasteiger partial charge in [0.25, 0.3) is 0 Å². The second-order valence-electron chi connectivity index (χ2n) is 3.66. The van der Waals surface area contributed by atoms with Crippen molar-refractivity contribution in [3.05, 3.63) is 35.4 Å². The number of alkyl halides is 4. The van der Waals surface area contributed by atoms with Gasteiger partial charge in [-0.2, -0.15) is 13.2 Å². The Hall–Kier alpha value is -1.10. The molecule has 0 saturated carbocycles. The average molecular weight is 235 g/mol. The van der Waals surface area contributed by atoms with Crippen LogP contribution in [-0.4, -0.2) is 12.7 Å². The quantitative estimate of drug-likeness (QED) is 0.800. The maximum atomic E-state index is 13.2. The Kier molecular flexibility index (Phi) is 3.91. The fourth-order valence-electron chi connectivity index (χ4n) is 1.39. The van der Waals surface area contributed by atoms with E-state index in [1.165, 1.54) is 12.1 Å². The number of rotatable bonds is 3. The summed E-state index contributed by atoms with van der Waals surface area (Å²) in [6.45, 7) is 1.46. The van der Waals surface area contributed by atoms with E-state index < -0.39 is 23.8 Å². The van der Waals surface area contributed by atoms with Crippen LogP contribution >= 0.6 is 0 Å². The summed E-state index contributed by atoms with van der Waals surface area (Å²) in [5, 5.41) is 0. The van der Waals surface area contributed by atoms with Crippen LogP contribution < -0.4 is 5.73 Å². The van der Waals surface area contributed by atoms with Crippen LogP contribution in [0.5, 0.6) is 0 Å². The molecule has 1 aromatic carbocycles. The van der Waals surface area contributed by atoms with Crippen molar-refractivity contribution in [3.63, 3.8) is 0 Å². The predicted octanol–water partition coefficient (Wildman–Crippen LogP) is 3.11. The maximum Gasteiger partial charge on any atom is 0.416 e. The largest absolute Gasteiger partial charge is 0.416 e. The Morgan fingerprint density at radius 3 is 2.06 bits per heavy atom. The van der Waals surface area contributed by atoms with Crippen LogP contribution in [0.25, 0.3) is 0 Å². The van der Waals surface area contributed by atoms with Crippen molar-refractivity contribution in [1.29, 1.82) is 0 Å². The first kappa shape index (κ1) is 13.0.